The maximum absolute atomic E-state index is 13.0. The largest absolute Gasteiger partial charge is 0.330 e. The first-order chi connectivity index (χ1) is 14.9. The minimum absolute atomic E-state index is 0.262. The van der Waals surface area contributed by atoms with Crippen LogP contribution in [0.25, 0.3) is 0 Å². The van der Waals surface area contributed by atoms with Gasteiger partial charge >= 0.3 is 0 Å². The molecule has 0 aliphatic rings. The molecule has 158 valence electrons. The molecule has 0 spiro atoms. The molecule has 0 saturated carbocycles. The number of aromatic nitrogens is 4. The maximum atomic E-state index is 13.0. The summed E-state index contributed by atoms with van der Waals surface area (Å²) in [6.07, 6.45) is 7.00. The van der Waals surface area contributed by atoms with E-state index in [4.69, 9.17) is 35.4 Å². The van der Waals surface area contributed by atoms with E-state index in [2.05, 4.69) is 20.8 Å². The molecule has 0 aliphatic heterocycles. The van der Waals surface area contributed by atoms with E-state index in [1.165, 1.54) is 12.1 Å². The highest BCUT2D eigenvalue weighted by Gasteiger charge is 2.07. The van der Waals surface area contributed by atoms with E-state index in [0.29, 0.717) is 28.2 Å². The van der Waals surface area contributed by atoms with Gasteiger partial charge in [0.1, 0.15) is 5.82 Å². The van der Waals surface area contributed by atoms with Gasteiger partial charge in [0.15, 0.2) is 5.11 Å². The Kier molecular flexibility index (Phi) is 6.50. The number of hydrogen-bond acceptors (Lipinski definition) is 3. The van der Waals surface area contributed by atoms with E-state index >= 15 is 0 Å². The van der Waals surface area contributed by atoms with Crippen molar-refractivity contribution < 1.29 is 4.39 Å². The molecule has 0 saturated heterocycles. The van der Waals surface area contributed by atoms with Crippen molar-refractivity contribution >= 4 is 51.9 Å². The topological polar surface area (TPSA) is 59.7 Å². The molecule has 4 rings (SSSR count). The fourth-order valence-corrected chi connectivity index (χ4v) is 3.63. The predicted octanol–water partition coefficient (Wildman–Crippen LogP) is 5.43. The van der Waals surface area contributed by atoms with Crippen LogP contribution in [0.2, 0.25) is 10.0 Å². The summed E-state index contributed by atoms with van der Waals surface area (Å²) in [4.78, 5) is 0. The number of benzene rings is 2. The third-order valence-corrected chi connectivity index (χ3v) is 5.18. The molecular formula is C21H17Cl2FN6S. The van der Waals surface area contributed by atoms with Crippen molar-refractivity contribution in [2.24, 2.45) is 0 Å². The van der Waals surface area contributed by atoms with Gasteiger partial charge in [0.05, 0.1) is 36.9 Å². The smallest absolute Gasteiger partial charge is 0.175 e. The second-order valence-electron chi connectivity index (χ2n) is 6.79. The van der Waals surface area contributed by atoms with Crippen molar-refractivity contribution in [3.63, 3.8) is 0 Å². The SMILES string of the molecule is Fc1ccc(Cn2cc(NC(=S)Nc3cnn(Cc4ccc(Cl)cc4Cl)c3)cn2)cc1. The molecule has 0 amide bonds. The van der Waals surface area contributed by atoms with Crippen LogP contribution in [-0.2, 0) is 13.1 Å². The average molecular weight is 475 g/mol. The molecule has 4 aromatic rings. The molecule has 0 unspecified atom stereocenters. The molecule has 10 heteroatoms. The lowest BCUT2D eigenvalue weighted by molar-refractivity contribution is 0.624. The minimum atomic E-state index is -0.262. The standard InChI is InChI=1S/C21H17Cl2FN6S/c22-16-4-3-15(20(23)7-16)11-30-13-19(9-26-30)28-21(31)27-18-8-25-29(12-18)10-14-1-5-17(24)6-2-14/h1-9,12-13H,10-11H2,(H2,27,28,31). The summed E-state index contributed by atoms with van der Waals surface area (Å²) >= 11 is 17.5. The van der Waals surface area contributed by atoms with Gasteiger partial charge in [-0.15, -0.1) is 0 Å². The summed E-state index contributed by atoms with van der Waals surface area (Å²) in [5.41, 5.74) is 3.33. The molecule has 0 atom stereocenters. The molecule has 2 aromatic carbocycles. The van der Waals surface area contributed by atoms with E-state index in [1.54, 1.807) is 46.0 Å². The van der Waals surface area contributed by atoms with Crippen LogP contribution in [0.4, 0.5) is 15.8 Å². The lowest BCUT2D eigenvalue weighted by Gasteiger charge is -2.07. The zero-order chi connectivity index (χ0) is 21.8. The molecule has 6 nitrogen and oxygen atoms in total. The molecular weight excluding hydrogens is 458 g/mol. The first kappa shape index (κ1) is 21.3. The fourth-order valence-electron chi connectivity index (χ4n) is 2.92. The van der Waals surface area contributed by atoms with Gasteiger partial charge in [-0.3, -0.25) is 9.36 Å². The summed E-state index contributed by atoms with van der Waals surface area (Å²) < 4.78 is 16.5. The maximum Gasteiger partial charge on any atom is 0.175 e. The van der Waals surface area contributed by atoms with E-state index < -0.39 is 0 Å². The van der Waals surface area contributed by atoms with Gasteiger partial charge < -0.3 is 10.6 Å². The van der Waals surface area contributed by atoms with Crippen molar-refractivity contribution in [2.75, 3.05) is 10.6 Å². The van der Waals surface area contributed by atoms with E-state index in [1.807, 2.05) is 18.5 Å². The zero-order valence-electron chi connectivity index (χ0n) is 16.1. The number of halogens is 3. The van der Waals surface area contributed by atoms with Crippen molar-refractivity contribution in [3.05, 3.63) is 94.2 Å². The minimum Gasteiger partial charge on any atom is -0.330 e. The quantitative estimate of drug-likeness (QED) is 0.364. The Morgan fingerprint density at radius 2 is 1.52 bits per heavy atom. The summed E-state index contributed by atoms with van der Waals surface area (Å²) in [5, 5.41) is 16.4. The van der Waals surface area contributed by atoms with E-state index in [0.717, 1.165) is 22.5 Å². The number of rotatable bonds is 6. The van der Waals surface area contributed by atoms with Gasteiger partial charge in [-0.25, -0.2) is 4.39 Å². The number of nitrogens with zero attached hydrogens (tertiary/aromatic N) is 4. The van der Waals surface area contributed by atoms with Crippen molar-refractivity contribution in [3.8, 4) is 0 Å². The van der Waals surface area contributed by atoms with Crippen LogP contribution >= 0.6 is 35.4 Å². The van der Waals surface area contributed by atoms with Crippen LogP contribution in [0, 0.1) is 5.82 Å². The number of hydrogen-bond donors (Lipinski definition) is 2. The molecule has 0 aliphatic carbocycles. The van der Waals surface area contributed by atoms with Crippen molar-refractivity contribution in [1.82, 2.24) is 19.6 Å². The van der Waals surface area contributed by atoms with Crippen LogP contribution in [-0.4, -0.2) is 24.7 Å². The monoisotopic (exact) mass is 474 g/mol. The Hall–Kier alpha value is -2.94. The highest BCUT2D eigenvalue weighted by Crippen LogP contribution is 2.22. The Balaban J connectivity index is 1.32. The van der Waals surface area contributed by atoms with Gasteiger partial charge in [0.2, 0.25) is 0 Å². The summed E-state index contributed by atoms with van der Waals surface area (Å²) in [5.74, 6) is -0.262. The Bertz CT molecular complexity index is 1200. The second-order valence-corrected chi connectivity index (χ2v) is 8.05. The van der Waals surface area contributed by atoms with Gasteiger partial charge in [0.25, 0.3) is 0 Å². The summed E-state index contributed by atoms with van der Waals surface area (Å²) in [6, 6.07) is 11.7. The predicted molar refractivity (Wildman–Crippen MR) is 125 cm³/mol. The van der Waals surface area contributed by atoms with Crippen molar-refractivity contribution in [1.29, 1.82) is 0 Å². The number of anilines is 2. The molecule has 0 bridgehead atoms. The van der Waals surface area contributed by atoms with Gasteiger partial charge in [-0.2, -0.15) is 10.2 Å². The first-order valence-corrected chi connectivity index (χ1v) is 10.4. The van der Waals surface area contributed by atoms with Gasteiger partial charge in [-0.05, 0) is 47.6 Å². The lowest BCUT2D eigenvalue weighted by Crippen LogP contribution is -2.18. The Morgan fingerprint density at radius 1 is 0.903 bits per heavy atom. The molecule has 0 radical (unpaired) electrons. The zero-order valence-corrected chi connectivity index (χ0v) is 18.4. The van der Waals surface area contributed by atoms with Crippen LogP contribution in [0.3, 0.4) is 0 Å². The molecule has 2 heterocycles. The van der Waals surface area contributed by atoms with Crippen LogP contribution in [0.15, 0.2) is 67.3 Å². The van der Waals surface area contributed by atoms with Crippen LogP contribution < -0.4 is 10.6 Å². The molecule has 2 aromatic heterocycles. The summed E-state index contributed by atoms with van der Waals surface area (Å²) in [7, 11) is 0. The molecule has 0 fully saturated rings. The van der Waals surface area contributed by atoms with E-state index in [-0.39, 0.29) is 5.82 Å². The second kappa shape index (κ2) is 9.47. The van der Waals surface area contributed by atoms with Crippen LogP contribution in [0.1, 0.15) is 11.1 Å². The summed E-state index contributed by atoms with van der Waals surface area (Å²) in [6.45, 7) is 1.04. The number of nitrogens with one attached hydrogen (secondary N) is 2. The van der Waals surface area contributed by atoms with Gasteiger partial charge in [-0.1, -0.05) is 41.4 Å². The van der Waals surface area contributed by atoms with Crippen LogP contribution in [0.5, 0.6) is 0 Å². The highest BCUT2D eigenvalue weighted by molar-refractivity contribution is 7.80. The first-order valence-electron chi connectivity index (χ1n) is 9.26. The highest BCUT2D eigenvalue weighted by atomic mass is 35.5. The third-order valence-electron chi connectivity index (χ3n) is 4.39. The van der Waals surface area contributed by atoms with E-state index in [9.17, 15) is 4.39 Å². The van der Waals surface area contributed by atoms with Crippen molar-refractivity contribution in [2.45, 2.75) is 13.1 Å². The fraction of sp³-hybridized carbons (Fsp3) is 0.0952. The third kappa shape index (κ3) is 5.81. The molecule has 31 heavy (non-hydrogen) atoms. The molecule has 2 N–H and O–H groups in total. The number of thiocarbonyl (C=S) groups is 1. The normalized spacial score (nSPS) is 10.8. The van der Waals surface area contributed by atoms with Gasteiger partial charge in [0, 0.05) is 22.4 Å². The average Bonchev–Trinajstić information content (AvgIpc) is 3.35. The Morgan fingerprint density at radius 3 is 2.13 bits per heavy atom. The lowest BCUT2D eigenvalue weighted by atomic mass is 10.2. The Labute approximate surface area is 193 Å².